The Morgan fingerprint density at radius 2 is 2.04 bits per heavy atom. The maximum atomic E-state index is 12.9. The molecule has 24 heavy (non-hydrogen) atoms. The minimum absolute atomic E-state index is 0.00898. The van der Waals surface area contributed by atoms with Crippen LogP contribution in [0.15, 0.2) is 29.4 Å². The summed E-state index contributed by atoms with van der Waals surface area (Å²) < 4.78 is 14.8. The van der Waals surface area contributed by atoms with Gasteiger partial charge in [0.1, 0.15) is 5.82 Å². The van der Waals surface area contributed by atoms with Gasteiger partial charge in [0.25, 0.3) is 0 Å². The van der Waals surface area contributed by atoms with Crippen molar-refractivity contribution in [3.8, 4) is 0 Å². The van der Waals surface area contributed by atoms with Crippen LogP contribution in [0.25, 0.3) is 0 Å². The molecule has 6 nitrogen and oxygen atoms in total. The van der Waals surface area contributed by atoms with Crippen molar-refractivity contribution in [2.24, 2.45) is 0 Å². The lowest BCUT2D eigenvalue weighted by Gasteiger charge is -2.17. The van der Waals surface area contributed by atoms with Crippen LogP contribution in [0, 0.1) is 5.82 Å². The molecule has 0 spiro atoms. The number of amides is 1. The molecule has 8 heteroatoms. The molecule has 2 aromatic rings. The van der Waals surface area contributed by atoms with Gasteiger partial charge < -0.3 is 4.90 Å². The molecule has 1 fully saturated rings. The predicted octanol–water partition coefficient (Wildman–Crippen LogP) is 2.68. The zero-order valence-corrected chi connectivity index (χ0v) is 14.4. The maximum absolute atomic E-state index is 12.9. The maximum Gasteiger partial charge on any atom is 0.233 e. The van der Waals surface area contributed by atoms with E-state index in [1.54, 1.807) is 24.1 Å². The van der Waals surface area contributed by atoms with Gasteiger partial charge in [-0.15, -0.1) is 5.10 Å². The first-order valence-corrected chi connectivity index (χ1v) is 9.01. The molecule has 0 radical (unpaired) electrons. The SMILES string of the molecule is CN(Cc1ccc(F)cc1)C(=O)CSc1nnnn1C1CCCC1. The Hall–Kier alpha value is -1.96. The molecule has 3 rings (SSSR count). The van der Waals surface area contributed by atoms with Crippen LogP contribution in [-0.2, 0) is 11.3 Å². The molecule has 0 aliphatic heterocycles. The quantitative estimate of drug-likeness (QED) is 0.750. The highest BCUT2D eigenvalue weighted by Crippen LogP contribution is 2.31. The summed E-state index contributed by atoms with van der Waals surface area (Å²) in [5.41, 5.74) is 0.896. The molecule has 128 valence electrons. The van der Waals surface area contributed by atoms with Crippen molar-refractivity contribution < 1.29 is 9.18 Å². The van der Waals surface area contributed by atoms with Crippen molar-refractivity contribution in [1.29, 1.82) is 0 Å². The first-order valence-electron chi connectivity index (χ1n) is 8.02. The normalized spacial score (nSPS) is 14.9. The van der Waals surface area contributed by atoms with E-state index in [4.69, 9.17) is 0 Å². The van der Waals surface area contributed by atoms with Gasteiger partial charge in [0.2, 0.25) is 11.1 Å². The standard InChI is InChI=1S/C16H20FN5OS/c1-21(10-12-6-8-13(17)9-7-12)15(23)11-24-16-18-19-20-22(16)14-4-2-3-5-14/h6-9,14H,2-5,10-11H2,1H3. The Labute approximate surface area is 144 Å². The van der Waals surface area contributed by atoms with Crippen molar-refractivity contribution in [2.75, 3.05) is 12.8 Å². The van der Waals surface area contributed by atoms with Crippen LogP contribution in [0.3, 0.4) is 0 Å². The minimum Gasteiger partial charge on any atom is -0.341 e. The fourth-order valence-electron chi connectivity index (χ4n) is 2.85. The fourth-order valence-corrected chi connectivity index (χ4v) is 3.73. The third-order valence-electron chi connectivity index (χ3n) is 4.22. The van der Waals surface area contributed by atoms with Gasteiger partial charge in [0.15, 0.2) is 0 Å². The predicted molar refractivity (Wildman–Crippen MR) is 88.9 cm³/mol. The van der Waals surface area contributed by atoms with Crippen molar-refractivity contribution >= 4 is 17.7 Å². The van der Waals surface area contributed by atoms with Gasteiger partial charge in [-0.2, -0.15) is 0 Å². The van der Waals surface area contributed by atoms with Crippen molar-refractivity contribution in [1.82, 2.24) is 25.1 Å². The van der Waals surface area contributed by atoms with Gasteiger partial charge in [-0.25, -0.2) is 9.07 Å². The Kier molecular flexibility index (Phi) is 5.44. The van der Waals surface area contributed by atoms with Gasteiger partial charge in [0, 0.05) is 13.6 Å². The Morgan fingerprint density at radius 1 is 1.33 bits per heavy atom. The number of hydrogen-bond donors (Lipinski definition) is 0. The van der Waals surface area contributed by atoms with E-state index < -0.39 is 0 Å². The number of tetrazole rings is 1. The second kappa shape index (κ2) is 7.74. The molecule has 0 unspecified atom stereocenters. The largest absolute Gasteiger partial charge is 0.341 e. The molecule has 1 amide bonds. The third-order valence-corrected chi connectivity index (χ3v) is 5.13. The molecule has 0 saturated heterocycles. The van der Waals surface area contributed by atoms with E-state index >= 15 is 0 Å². The average Bonchev–Trinajstić information content (AvgIpc) is 3.25. The number of halogens is 1. The van der Waals surface area contributed by atoms with Crippen LogP contribution in [0.1, 0.15) is 37.3 Å². The molecule has 1 aromatic heterocycles. The Bertz CT molecular complexity index is 684. The smallest absolute Gasteiger partial charge is 0.233 e. The van der Waals surface area contributed by atoms with E-state index in [0.717, 1.165) is 18.4 Å². The summed E-state index contributed by atoms with van der Waals surface area (Å²) in [4.78, 5) is 13.9. The van der Waals surface area contributed by atoms with Crippen molar-refractivity contribution in [3.05, 3.63) is 35.6 Å². The molecule has 1 aliphatic rings. The lowest BCUT2D eigenvalue weighted by atomic mass is 10.2. The third kappa shape index (κ3) is 4.11. The van der Waals surface area contributed by atoms with Crippen LogP contribution in [-0.4, -0.2) is 43.8 Å². The van der Waals surface area contributed by atoms with Crippen molar-refractivity contribution in [3.63, 3.8) is 0 Å². The van der Waals surface area contributed by atoms with Crippen LogP contribution in [0.2, 0.25) is 0 Å². The fraction of sp³-hybridized carbons (Fsp3) is 0.500. The zero-order valence-electron chi connectivity index (χ0n) is 13.6. The summed E-state index contributed by atoms with van der Waals surface area (Å²) >= 11 is 1.37. The van der Waals surface area contributed by atoms with E-state index in [-0.39, 0.29) is 17.5 Å². The Balaban J connectivity index is 1.53. The molecule has 0 atom stereocenters. The average molecular weight is 349 g/mol. The van der Waals surface area contributed by atoms with Crippen LogP contribution < -0.4 is 0 Å². The summed E-state index contributed by atoms with van der Waals surface area (Å²) in [6.45, 7) is 0.452. The van der Waals surface area contributed by atoms with Gasteiger partial charge in [-0.05, 0) is 41.0 Å². The molecular formula is C16H20FN5OS. The second-order valence-electron chi connectivity index (χ2n) is 6.01. The van der Waals surface area contributed by atoms with E-state index in [0.29, 0.717) is 17.7 Å². The molecular weight excluding hydrogens is 329 g/mol. The highest BCUT2D eigenvalue weighted by molar-refractivity contribution is 7.99. The van der Waals surface area contributed by atoms with Gasteiger partial charge in [-0.1, -0.05) is 36.7 Å². The molecule has 1 heterocycles. The lowest BCUT2D eigenvalue weighted by molar-refractivity contribution is -0.127. The molecule has 1 aliphatic carbocycles. The number of aromatic nitrogens is 4. The zero-order chi connectivity index (χ0) is 16.9. The highest BCUT2D eigenvalue weighted by atomic mass is 32.2. The topological polar surface area (TPSA) is 63.9 Å². The molecule has 1 aromatic carbocycles. The number of thioether (sulfide) groups is 1. The summed E-state index contributed by atoms with van der Waals surface area (Å²) in [6, 6.07) is 6.53. The first-order chi connectivity index (χ1) is 11.6. The summed E-state index contributed by atoms with van der Waals surface area (Å²) in [6.07, 6.45) is 4.59. The summed E-state index contributed by atoms with van der Waals surface area (Å²) in [7, 11) is 1.74. The van der Waals surface area contributed by atoms with E-state index in [9.17, 15) is 9.18 Å². The number of rotatable bonds is 6. The van der Waals surface area contributed by atoms with E-state index in [1.807, 2.05) is 4.68 Å². The first kappa shape index (κ1) is 16.9. The molecule has 0 N–H and O–H groups in total. The molecule has 0 bridgehead atoms. The lowest BCUT2D eigenvalue weighted by Crippen LogP contribution is -2.28. The van der Waals surface area contributed by atoms with Gasteiger partial charge >= 0.3 is 0 Å². The van der Waals surface area contributed by atoms with Crippen LogP contribution >= 0.6 is 11.8 Å². The van der Waals surface area contributed by atoms with Crippen LogP contribution in [0.5, 0.6) is 0 Å². The van der Waals surface area contributed by atoms with E-state index in [1.165, 1.54) is 36.7 Å². The van der Waals surface area contributed by atoms with E-state index in [2.05, 4.69) is 15.5 Å². The minimum atomic E-state index is -0.276. The van der Waals surface area contributed by atoms with Gasteiger partial charge in [-0.3, -0.25) is 4.79 Å². The Morgan fingerprint density at radius 3 is 2.75 bits per heavy atom. The van der Waals surface area contributed by atoms with Gasteiger partial charge in [0.05, 0.1) is 11.8 Å². The number of carbonyl (C=O) groups excluding carboxylic acids is 1. The highest BCUT2D eigenvalue weighted by Gasteiger charge is 2.22. The number of hydrogen-bond acceptors (Lipinski definition) is 5. The van der Waals surface area contributed by atoms with Crippen molar-refractivity contribution in [2.45, 2.75) is 43.4 Å². The van der Waals surface area contributed by atoms with Crippen LogP contribution in [0.4, 0.5) is 4.39 Å². The second-order valence-corrected chi connectivity index (χ2v) is 6.95. The number of nitrogens with zero attached hydrogens (tertiary/aromatic N) is 5. The summed E-state index contributed by atoms with van der Waals surface area (Å²) in [5, 5.41) is 12.6. The number of benzene rings is 1. The number of carbonyl (C=O) groups is 1. The summed E-state index contributed by atoms with van der Waals surface area (Å²) in [5.74, 6) is -0.00235. The monoisotopic (exact) mass is 349 g/mol. The molecule has 1 saturated carbocycles.